The highest BCUT2D eigenvalue weighted by atomic mass is 15.3. The molecule has 0 aromatic carbocycles. The molecule has 0 radical (unpaired) electrons. The van der Waals surface area contributed by atoms with Crippen molar-refractivity contribution in [1.29, 1.82) is 0 Å². The molecule has 1 fully saturated rings. The van der Waals surface area contributed by atoms with Gasteiger partial charge < -0.3 is 9.80 Å². The van der Waals surface area contributed by atoms with Crippen LogP contribution in [-0.4, -0.2) is 52.9 Å². The molecule has 0 spiro atoms. The fourth-order valence-corrected chi connectivity index (χ4v) is 2.60. The van der Waals surface area contributed by atoms with Crippen LogP contribution in [0.5, 0.6) is 0 Å². The van der Waals surface area contributed by atoms with Gasteiger partial charge in [-0.15, -0.1) is 0 Å². The molecular weight excluding hydrogens is 274 g/mol. The Bertz CT molecular complexity index is 615. The topological polar surface area (TPSA) is 37.2 Å². The summed E-state index contributed by atoms with van der Waals surface area (Å²) in [6.07, 6.45) is 5.95. The molecular formula is C17H25N5. The van der Waals surface area contributed by atoms with Gasteiger partial charge in [-0.3, -0.25) is 0 Å². The lowest BCUT2D eigenvalue weighted by Gasteiger charge is -2.33. The van der Waals surface area contributed by atoms with Gasteiger partial charge in [-0.05, 0) is 30.2 Å². The molecule has 22 heavy (non-hydrogen) atoms. The van der Waals surface area contributed by atoms with Crippen molar-refractivity contribution >= 4 is 5.69 Å². The van der Waals surface area contributed by atoms with Crippen LogP contribution >= 0.6 is 0 Å². The summed E-state index contributed by atoms with van der Waals surface area (Å²) in [4.78, 5) is 9.33. The zero-order chi connectivity index (χ0) is 15.7. The summed E-state index contributed by atoms with van der Waals surface area (Å²) in [6, 6.07) is 4.19. The molecule has 0 bridgehead atoms. The van der Waals surface area contributed by atoms with Gasteiger partial charge in [-0.25, -0.2) is 9.67 Å². The summed E-state index contributed by atoms with van der Waals surface area (Å²) in [7, 11) is 2.17. The summed E-state index contributed by atoms with van der Waals surface area (Å²) in [6.45, 7) is 10.9. The van der Waals surface area contributed by atoms with Gasteiger partial charge in [0, 0.05) is 32.4 Å². The van der Waals surface area contributed by atoms with Gasteiger partial charge in [0.15, 0.2) is 5.82 Å². The van der Waals surface area contributed by atoms with Gasteiger partial charge in [0.25, 0.3) is 0 Å². The number of piperazine rings is 1. The van der Waals surface area contributed by atoms with Gasteiger partial charge >= 0.3 is 0 Å². The van der Waals surface area contributed by atoms with Crippen LogP contribution in [0.1, 0.15) is 26.3 Å². The Morgan fingerprint density at radius 1 is 1.00 bits per heavy atom. The van der Waals surface area contributed by atoms with E-state index in [1.807, 2.05) is 23.1 Å². The zero-order valence-corrected chi connectivity index (χ0v) is 14.0. The van der Waals surface area contributed by atoms with Gasteiger partial charge in [0.05, 0.1) is 18.1 Å². The first-order valence-electron chi connectivity index (χ1n) is 7.88. The lowest BCUT2D eigenvalue weighted by atomic mass is 9.90. The molecule has 0 saturated carbocycles. The van der Waals surface area contributed by atoms with Crippen molar-refractivity contribution in [2.24, 2.45) is 0 Å². The summed E-state index contributed by atoms with van der Waals surface area (Å²) in [5.74, 6) is 0.869. The molecule has 3 heterocycles. The Morgan fingerprint density at radius 2 is 1.73 bits per heavy atom. The van der Waals surface area contributed by atoms with Crippen LogP contribution < -0.4 is 4.90 Å². The Morgan fingerprint density at radius 3 is 2.27 bits per heavy atom. The van der Waals surface area contributed by atoms with Crippen LogP contribution in [0.15, 0.2) is 30.7 Å². The number of aromatic nitrogens is 3. The second-order valence-corrected chi connectivity index (χ2v) is 7.09. The van der Waals surface area contributed by atoms with Gasteiger partial charge in [-0.1, -0.05) is 20.8 Å². The van der Waals surface area contributed by atoms with Crippen LogP contribution in [0.2, 0.25) is 0 Å². The van der Waals surface area contributed by atoms with Gasteiger partial charge in [-0.2, -0.15) is 5.10 Å². The minimum absolute atomic E-state index is 0.109. The van der Waals surface area contributed by atoms with Crippen molar-refractivity contribution in [1.82, 2.24) is 19.7 Å². The van der Waals surface area contributed by atoms with E-state index in [1.165, 1.54) is 11.3 Å². The second-order valence-electron chi connectivity index (χ2n) is 7.09. The predicted molar refractivity (Wildman–Crippen MR) is 89.8 cm³/mol. The minimum atomic E-state index is 0.109. The first-order chi connectivity index (χ1) is 10.4. The lowest BCUT2D eigenvalue weighted by molar-refractivity contribution is 0.313. The predicted octanol–water partition coefficient (Wildman–Crippen LogP) is 2.32. The maximum Gasteiger partial charge on any atom is 0.153 e. The van der Waals surface area contributed by atoms with Crippen molar-refractivity contribution in [3.63, 3.8) is 0 Å². The molecule has 5 nitrogen and oxygen atoms in total. The number of rotatable bonds is 2. The van der Waals surface area contributed by atoms with Crippen molar-refractivity contribution in [3.05, 3.63) is 36.3 Å². The number of anilines is 1. The highest BCUT2D eigenvalue weighted by Gasteiger charge is 2.17. The van der Waals surface area contributed by atoms with Crippen molar-refractivity contribution in [2.75, 3.05) is 38.1 Å². The standard InChI is InChI=1S/C17H25N5/c1-17(2,3)14-11-19-22(13-14)16-6-5-15(12-18-16)21-9-7-20(4)8-10-21/h5-6,11-13H,7-10H2,1-4H3. The van der Waals surface area contributed by atoms with E-state index in [0.717, 1.165) is 32.0 Å². The fraction of sp³-hybridized carbons (Fsp3) is 0.529. The van der Waals surface area contributed by atoms with Crippen molar-refractivity contribution in [3.8, 4) is 5.82 Å². The Labute approximate surface area is 132 Å². The fourth-order valence-electron chi connectivity index (χ4n) is 2.60. The monoisotopic (exact) mass is 299 g/mol. The molecule has 0 unspecified atom stereocenters. The molecule has 3 rings (SSSR count). The van der Waals surface area contributed by atoms with Crippen molar-refractivity contribution < 1.29 is 0 Å². The van der Waals surface area contributed by atoms with Crippen LogP contribution in [0.25, 0.3) is 5.82 Å². The van der Waals surface area contributed by atoms with E-state index in [4.69, 9.17) is 0 Å². The second kappa shape index (κ2) is 5.72. The Hall–Kier alpha value is -1.88. The normalized spacial score (nSPS) is 17.0. The minimum Gasteiger partial charge on any atom is -0.368 e. The van der Waals surface area contributed by atoms with E-state index in [1.54, 1.807) is 0 Å². The molecule has 0 atom stereocenters. The third-order valence-electron chi connectivity index (χ3n) is 4.28. The molecule has 5 heteroatoms. The third-order valence-corrected chi connectivity index (χ3v) is 4.28. The largest absolute Gasteiger partial charge is 0.368 e. The summed E-state index contributed by atoms with van der Waals surface area (Å²) < 4.78 is 1.86. The molecule has 1 aliphatic heterocycles. The quantitative estimate of drug-likeness (QED) is 0.853. The first kappa shape index (κ1) is 15.0. The molecule has 0 aliphatic carbocycles. The molecule has 1 aliphatic rings. The van der Waals surface area contributed by atoms with E-state index in [0.29, 0.717) is 0 Å². The number of hydrogen-bond donors (Lipinski definition) is 0. The van der Waals surface area contributed by atoms with E-state index in [2.05, 4.69) is 60.0 Å². The highest BCUT2D eigenvalue weighted by molar-refractivity contribution is 5.47. The summed E-state index contributed by atoms with van der Waals surface area (Å²) in [5.41, 5.74) is 2.52. The molecule has 1 saturated heterocycles. The average Bonchev–Trinajstić information content (AvgIpc) is 2.98. The van der Waals surface area contributed by atoms with Gasteiger partial charge in [0.1, 0.15) is 0 Å². The molecule has 2 aromatic rings. The average molecular weight is 299 g/mol. The van der Waals surface area contributed by atoms with E-state index < -0.39 is 0 Å². The van der Waals surface area contributed by atoms with Crippen LogP contribution in [0.3, 0.4) is 0 Å². The molecule has 2 aromatic heterocycles. The van der Waals surface area contributed by atoms with Crippen LogP contribution in [0, 0.1) is 0 Å². The maximum absolute atomic E-state index is 4.58. The number of hydrogen-bond acceptors (Lipinski definition) is 4. The van der Waals surface area contributed by atoms with Crippen LogP contribution in [0.4, 0.5) is 5.69 Å². The number of pyridine rings is 1. The summed E-state index contributed by atoms with van der Waals surface area (Å²) in [5, 5.41) is 4.44. The lowest BCUT2D eigenvalue weighted by Crippen LogP contribution is -2.44. The Balaban J connectivity index is 1.75. The zero-order valence-electron chi connectivity index (χ0n) is 14.0. The smallest absolute Gasteiger partial charge is 0.153 e. The SMILES string of the molecule is CN1CCN(c2ccc(-n3cc(C(C)(C)C)cn3)nc2)CC1. The van der Waals surface area contributed by atoms with Crippen molar-refractivity contribution in [2.45, 2.75) is 26.2 Å². The van der Waals surface area contributed by atoms with Crippen LogP contribution in [-0.2, 0) is 5.41 Å². The van der Waals surface area contributed by atoms with Gasteiger partial charge in [0.2, 0.25) is 0 Å². The molecule has 0 amide bonds. The van der Waals surface area contributed by atoms with E-state index >= 15 is 0 Å². The maximum atomic E-state index is 4.58. The number of nitrogens with zero attached hydrogens (tertiary/aromatic N) is 5. The van der Waals surface area contributed by atoms with E-state index in [-0.39, 0.29) is 5.41 Å². The highest BCUT2D eigenvalue weighted by Crippen LogP contribution is 2.22. The molecule has 118 valence electrons. The Kier molecular flexibility index (Phi) is 3.91. The third kappa shape index (κ3) is 3.14. The molecule has 0 N–H and O–H groups in total. The van der Waals surface area contributed by atoms with E-state index in [9.17, 15) is 0 Å². The summed E-state index contributed by atoms with van der Waals surface area (Å²) >= 11 is 0. The number of likely N-dealkylation sites (N-methyl/N-ethyl adjacent to an activating group) is 1. The first-order valence-corrected chi connectivity index (χ1v) is 7.88.